The van der Waals surface area contributed by atoms with E-state index in [0.717, 1.165) is 29.8 Å². The highest BCUT2D eigenvalue weighted by Crippen LogP contribution is 2.38. The highest BCUT2D eigenvalue weighted by molar-refractivity contribution is 7.80. The van der Waals surface area contributed by atoms with E-state index in [9.17, 15) is 4.39 Å². The van der Waals surface area contributed by atoms with Crippen molar-refractivity contribution in [2.45, 2.75) is 40.2 Å². The van der Waals surface area contributed by atoms with Gasteiger partial charge in [-0.3, -0.25) is 0 Å². The summed E-state index contributed by atoms with van der Waals surface area (Å²) in [4.78, 5) is 6.72. The van der Waals surface area contributed by atoms with Crippen molar-refractivity contribution >= 4 is 22.9 Å². The number of thiocarbonyl (C=S) groups is 1. The van der Waals surface area contributed by atoms with Crippen molar-refractivity contribution in [3.8, 4) is 11.4 Å². The molecule has 1 aromatic heterocycles. The fraction of sp³-hybridized carbons (Fsp3) is 0.292. The summed E-state index contributed by atoms with van der Waals surface area (Å²) in [5.41, 5.74) is 6.10. The molecule has 5 nitrogen and oxygen atoms in total. The maximum absolute atomic E-state index is 13.3. The molecule has 4 rings (SSSR count). The molecule has 1 atom stereocenters. The zero-order valence-corrected chi connectivity index (χ0v) is 18.9. The van der Waals surface area contributed by atoms with Crippen molar-refractivity contribution in [2.75, 3.05) is 6.54 Å². The molecule has 0 aliphatic carbocycles. The molecule has 1 aliphatic heterocycles. The van der Waals surface area contributed by atoms with Crippen molar-refractivity contribution in [3.63, 3.8) is 0 Å². The molecule has 1 N–H and O–H groups in total. The number of aryl methyl sites for hydroxylation is 2. The van der Waals surface area contributed by atoms with Gasteiger partial charge in [0.15, 0.2) is 5.11 Å². The van der Waals surface area contributed by atoms with Gasteiger partial charge in [-0.15, -0.1) is 0 Å². The number of rotatable bonds is 5. The SMILES string of the molecule is CCCN1C(=S)NC(c2ccc(C)c(C)c2)C(c2nc(-c3ccc(F)cc3)no2)=C1C. The number of benzene rings is 2. The van der Waals surface area contributed by atoms with Crippen LogP contribution in [0.15, 0.2) is 52.7 Å². The van der Waals surface area contributed by atoms with Gasteiger partial charge in [-0.1, -0.05) is 30.3 Å². The monoisotopic (exact) mass is 436 g/mol. The second-order valence-electron chi connectivity index (χ2n) is 7.81. The fourth-order valence-corrected chi connectivity index (χ4v) is 4.14. The van der Waals surface area contributed by atoms with Gasteiger partial charge in [-0.2, -0.15) is 4.98 Å². The van der Waals surface area contributed by atoms with Gasteiger partial charge in [0.25, 0.3) is 5.89 Å². The van der Waals surface area contributed by atoms with Crippen LogP contribution in [-0.4, -0.2) is 26.7 Å². The normalized spacial score (nSPS) is 16.6. The van der Waals surface area contributed by atoms with Crippen molar-refractivity contribution in [2.24, 2.45) is 0 Å². The molecule has 2 heterocycles. The Hall–Kier alpha value is -3.06. The van der Waals surface area contributed by atoms with E-state index in [1.807, 2.05) is 6.92 Å². The zero-order chi connectivity index (χ0) is 22.1. The van der Waals surface area contributed by atoms with E-state index in [1.165, 1.54) is 23.3 Å². The summed E-state index contributed by atoms with van der Waals surface area (Å²) >= 11 is 5.68. The van der Waals surface area contributed by atoms with Crippen molar-refractivity contribution in [1.82, 2.24) is 20.4 Å². The third-order valence-electron chi connectivity index (χ3n) is 5.67. The number of nitrogens with one attached hydrogen (secondary N) is 1. The van der Waals surface area contributed by atoms with Gasteiger partial charge in [0.05, 0.1) is 11.6 Å². The first-order valence-corrected chi connectivity index (χ1v) is 10.8. The third kappa shape index (κ3) is 4.10. The molecule has 1 aliphatic rings. The van der Waals surface area contributed by atoms with Crippen LogP contribution in [0.4, 0.5) is 4.39 Å². The minimum absolute atomic E-state index is 0.207. The second kappa shape index (κ2) is 8.59. The third-order valence-corrected chi connectivity index (χ3v) is 6.00. The van der Waals surface area contributed by atoms with Crippen molar-refractivity contribution in [1.29, 1.82) is 0 Å². The second-order valence-corrected chi connectivity index (χ2v) is 8.19. The number of hydrogen-bond donors (Lipinski definition) is 1. The molecule has 0 amide bonds. The number of nitrogens with zero attached hydrogens (tertiary/aromatic N) is 3. The topological polar surface area (TPSA) is 54.2 Å². The summed E-state index contributed by atoms with van der Waals surface area (Å²) < 4.78 is 19.0. The van der Waals surface area contributed by atoms with Gasteiger partial charge in [0, 0.05) is 17.8 Å². The summed E-state index contributed by atoms with van der Waals surface area (Å²) in [7, 11) is 0. The molecule has 0 fully saturated rings. The average Bonchev–Trinajstić information content (AvgIpc) is 3.23. The van der Waals surface area contributed by atoms with Crippen LogP contribution in [0.2, 0.25) is 0 Å². The van der Waals surface area contributed by atoms with E-state index in [0.29, 0.717) is 22.4 Å². The Kier molecular flexibility index (Phi) is 5.87. The number of allylic oxidation sites excluding steroid dienone is 1. The van der Waals surface area contributed by atoms with E-state index in [4.69, 9.17) is 16.7 Å². The molecule has 0 radical (unpaired) electrons. The Morgan fingerprint density at radius 3 is 2.52 bits per heavy atom. The number of halogens is 1. The van der Waals surface area contributed by atoms with Crippen LogP contribution < -0.4 is 5.32 Å². The molecule has 1 unspecified atom stereocenters. The van der Waals surface area contributed by atoms with Gasteiger partial charge in [-0.25, -0.2) is 4.39 Å². The fourth-order valence-electron chi connectivity index (χ4n) is 3.79. The first kappa shape index (κ1) is 21.2. The highest BCUT2D eigenvalue weighted by Gasteiger charge is 2.33. The lowest BCUT2D eigenvalue weighted by molar-refractivity contribution is 0.396. The van der Waals surface area contributed by atoms with E-state index in [-0.39, 0.29) is 11.9 Å². The Morgan fingerprint density at radius 1 is 1.10 bits per heavy atom. The molecule has 0 bridgehead atoms. The summed E-state index contributed by atoms with van der Waals surface area (Å²) in [5.74, 6) is 0.543. The summed E-state index contributed by atoms with van der Waals surface area (Å²) in [6, 6.07) is 12.2. The minimum Gasteiger partial charge on any atom is -0.351 e. The Morgan fingerprint density at radius 2 is 1.84 bits per heavy atom. The first-order chi connectivity index (χ1) is 14.9. The Bertz CT molecular complexity index is 1150. The molecule has 3 aromatic rings. The van der Waals surface area contributed by atoms with Crippen molar-refractivity contribution < 1.29 is 8.91 Å². The first-order valence-electron chi connectivity index (χ1n) is 10.3. The van der Waals surface area contributed by atoms with E-state index >= 15 is 0 Å². The molecular weight excluding hydrogens is 411 g/mol. The quantitative estimate of drug-likeness (QED) is 0.528. The molecule has 2 aromatic carbocycles. The minimum atomic E-state index is -0.305. The maximum Gasteiger partial charge on any atom is 0.258 e. The van der Waals surface area contributed by atoms with Crippen LogP contribution in [0.5, 0.6) is 0 Å². The van der Waals surface area contributed by atoms with Crippen LogP contribution in [-0.2, 0) is 0 Å². The molecular formula is C24H25FN4OS. The molecule has 160 valence electrons. The lowest BCUT2D eigenvalue weighted by atomic mass is 9.92. The average molecular weight is 437 g/mol. The summed E-state index contributed by atoms with van der Waals surface area (Å²) in [5, 5.41) is 8.31. The van der Waals surface area contributed by atoms with Crippen LogP contribution in [0.3, 0.4) is 0 Å². The van der Waals surface area contributed by atoms with Crippen LogP contribution in [0, 0.1) is 19.7 Å². The van der Waals surface area contributed by atoms with Crippen molar-refractivity contribution in [3.05, 3.63) is 76.6 Å². The predicted molar refractivity (Wildman–Crippen MR) is 124 cm³/mol. The number of hydrogen-bond acceptors (Lipinski definition) is 4. The number of aromatic nitrogens is 2. The smallest absolute Gasteiger partial charge is 0.258 e. The van der Waals surface area contributed by atoms with E-state index in [1.54, 1.807) is 12.1 Å². The molecule has 0 saturated carbocycles. The molecule has 31 heavy (non-hydrogen) atoms. The van der Waals surface area contributed by atoms with E-state index in [2.05, 4.69) is 59.3 Å². The highest BCUT2D eigenvalue weighted by atomic mass is 32.1. The van der Waals surface area contributed by atoms with Crippen LogP contribution in [0.25, 0.3) is 17.0 Å². The largest absolute Gasteiger partial charge is 0.351 e. The van der Waals surface area contributed by atoms with Gasteiger partial charge in [0.1, 0.15) is 5.82 Å². The van der Waals surface area contributed by atoms with Crippen LogP contribution >= 0.6 is 12.2 Å². The lowest BCUT2D eigenvalue weighted by Crippen LogP contribution is -2.46. The molecule has 7 heteroatoms. The van der Waals surface area contributed by atoms with Gasteiger partial charge in [-0.05, 0) is 80.4 Å². The lowest BCUT2D eigenvalue weighted by Gasteiger charge is -2.37. The maximum atomic E-state index is 13.3. The molecule has 0 spiro atoms. The Balaban J connectivity index is 1.82. The summed E-state index contributed by atoms with van der Waals surface area (Å²) in [6.07, 6.45) is 0.950. The molecule has 0 saturated heterocycles. The summed E-state index contributed by atoms with van der Waals surface area (Å²) in [6.45, 7) is 9.13. The standard InChI is InChI=1S/C24H25FN4OS/c1-5-12-29-16(4)20(21(26-24(29)31)18-7-6-14(2)15(3)13-18)23-27-22(28-30-23)17-8-10-19(25)11-9-17/h6-11,13,21H,5,12H2,1-4H3,(H,26,31). The Labute approximate surface area is 187 Å². The van der Waals surface area contributed by atoms with E-state index < -0.39 is 0 Å². The predicted octanol–water partition coefficient (Wildman–Crippen LogP) is 5.56. The van der Waals surface area contributed by atoms with Crippen LogP contribution in [0.1, 0.15) is 48.9 Å². The van der Waals surface area contributed by atoms with Gasteiger partial charge < -0.3 is 14.7 Å². The zero-order valence-electron chi connectivity index (χ0n) is 18.1. The van der Waals surface area contributed by atoms with Gasteiger partial charge in [0.2, 0.25) is 5.82 Å². The van der Waals surface area contributed by atoms with Gasteiger partial charge >= 0.3 is 0 Å².